The topological polar surface area (TPSA) is 50.1 Å². The molecule has 0 atom stereocenters. The third kappa shape index (κ3) is 3.13. The van der Waals surface area contributed by atoms with E-state index in [2.05, 4.69) is 21.4 Å². The molecule has 0 unspecified atom stereocenters. The summed E-state index contributed by atoms with van der Waals surface area (Å²) in [6.07, 6.45) is 1.81. The van der Waals surface area contributed by atoms with Crippen LogP contribution in [0.2, 0.25) is 5.02 Å². The Balaban J connectivity index is 1.95. The molecule has 6 heteroatoms. The second kappa shape index (κ2) is 6.10. The van der Waals surface area contributed by atoms with Crippen molar-refractivity contribution >= 4 is 11.6 Å². The van der Waals surface area contributed by atoms with Crippen molar-refractivity contribution in [3.05, 3.63) is 47.1 Å². The number of hydrogen-bond donors (Lipinski definition) is 0. The molecule has 0 aliphatic carbocycles. The van der Waals surface area contributed by atoms with Crippen LogP contribution in [0.5, 0.6) is 5.88 Å². The largest absolute Gasteiger partial charge is 0.481 e. The summed E-state index contributed by atoms with van der Waals surface area (Å²) in [5.41, 5.74) is 2.97. The van der Waals surface area contributed by atoms with E-state index < -0.39 is 0 Å². The standard InChI is InChI=1S/C15H15ClN4O/c1-21-15-14(12-3-2-4-13(16)8-12)7-11(9-17-15)10-20-6-5-18-19-20/h2-4,7-9H,5-6,10H2,1H3. The van der Waals surface area contributed by atoms with E-state index in [0.29, 0.717) is 17.4 Å². The number of aromatic nitrogens is 1. The molecule has 0 amide bonds. The van der Waals surface area contributed by atoms with Gasteiger partial charge >= 0.3 is 0 Å². The fourth-order valence-corrected chi connectivity index (χ4v) is 2.46. The predicted molar refractivity (Wildman–Crippen MR) is 81.4 cm³/mol. The van der Waals surface area contributed by atoms with Crippen LogP contribution in [0.25, 0.3) is 11.1 Å². The van der Waals surface area contributed by atoms with Gasteiger partial charge in [-0.15, -0.1) is 0 Å². The second-order valence-corrected chi connectivity index (χ2v) is 5.19. The van der Waals surface area contributed by atoms with Gasteiger partial charge in [-0.25, -0.2) is 4.98 Å². The fourth-order valence-electron chi connectivity index (χ4n) is 2.27. The zero-order valence-corrected chi connectivity index (χ0v) is 12.4. The zero-order valence-electron chi connectivity index (χ0n) is 11.7. The Morgan fingerprint density at radius 3 is 2.95 bits per heavy atom. The van der Waals surface area contributed by atoms with E-state index in [4.69, 9.17) is 16.3 Å². The van der Waals surface area contributed by atoms with Gasteiger partial charge in [-0.3, -0.25) is 5.01 Å². The molecule has 0 fully saturated rings. The van der Waals surface area contributed by atoms with Crippen LogP contribution in [-0.2, 0) is 6.54 Å². The van der Waals surface area contributed by atoms with Gasteiger partial charge in [0, 0.05) is 16.8 Å². The Hall–Kier alpha value is -2.14. The van der Waals surface area contributed by atoms with Gasteiger partial charge in [0.25, 0.3) is 0 Å². The lowest BCUT2D eigenvalue weighted by atomic mass is 10.1. The first kappa shape index (κ1) is 13.8. The molecule has 0 spiro atoms. The number of pyridine rings is 1. The van der Waals surface area contributed by atoms with Crippen LogP contribution < -0.4 is 4.74 Å². The summed E-state index contributed by atoms with van der Waals surface area (Å²) in [6.45, 7) is 2.29. The van der Waals surface area contributed by atoms with Crippen molar-refractivity contribution in [3.63, 3.8) is 0 Å². The maximum atomic E-state index is 6.07. The van der Waals surface area contributed by atoms with E-state index in [1.807, 2.05) is 29.3 Å². The van der Waals surface area contributed by atoms with Crippen LogP contribution in [0, 0.1) is 0 Å². The van der Waals surface area contributed by atoms with Gasteiger partial charge in [0.2, 0.25) is 5.88 Å². The molecule has 0 saturated carbocycles. The van der Waals surface area contributed by atoms with Crippen molar-refractivity contribution in [3.8, 4) is 17.0 Å². The third-order valence-electron chi connectivity index (χ3n) is 3.25. The van der Waals surface area contributed by atoms with Gasteiger partial charge in [0.15, 0.2) is 0 Å². The van der Waals surface area contributed by atoms with Crippen LogP contribution in [0.1, 0.15) is 5.56 Å². The Morgan fingerprint density at radius 2 is 2.24 bits per heavy atom. The maximum absolute atomic E-state index is 6.07. The van der Waals surface area contributed by atoms with E-state index in [-0.39, 0.29) is 0 Å². The minimum absolute atomic E-state index is 0.587. The maximum Gasteiger partial charge on any atom is 0.221 e. The normalized spacial score (nSPS) is 13.7. The number of hydrogen-bond acceptors (Lipinski definition) is 5. The molecule has 21 heavy (non-hydrogen) atoms. The summed E-state index contributed by atoms with van der Waals surface area (Å²) in [5, 5.41) is 10.7. The van der Waals surface area contributed by atoms with Crippen LogP contribution in [0.15, 0.2) is 46.9 Å². The van der Waals surface area contributed by atoms with Crippen molar-refractivity contribution in [1.82, 2.24) is 9.99 Å². The van der Waals surface area contributed by atoms with Crippen LogP contribution >= 0.6 is 11.6 Å². The third-order valence-corrected chi connectivity index (χ3v) is 3.48. The lowest BCUT2D eigenvalue weighted by molar-refractivity contribution is 0.310. The predicted octanol–water partition coefficient (Wildman–Crippen LogP) is 3.59. The summed E-state index contributed by atoms with van der Waals surface area (Å²) in [5.74, 6) is 0.587. The van der Waals surface area contributed by atoms with Gasteiger partial charge < -0.3 is 4.74 Å². The van der Waals surface area contributed by atoms with E-state index in [1.165, 1.54) is 0 Å². The molecule has 2 heterocycles. The molecule has 1 aromatic carbocycles. The summed E-state index contributed by atoms with van der Waals surface area (Å²) < 4.78 is 5.35. The van der Waals surface area contributed by atoms with Crippen molar-refractivity contribution in [2.24, 2.45) is 10.3 Å². The Kier molecular flexibility index (Phi) is 4.01. The first-order valence-electron chi connectivity index (χ1n) is 6.67. The smallest absolute Gasteiger partial charge is 0.221 e. The molecule has 5 nitrogen and oxygen atoms in total. The Labute approximate surface area is 128 Å². The van der Waals surface area contributed by atoms with Gasteiger partial charge in [-0.2, -0.15) is 5.11 Å². The highest BCUT2D eigenvalue weighted by atomic mass is 35.5. The molecular weight excluding hydrogens is 288 g/mol. The lowest BCUT2D eigenvalue weighted by Crippen LogP contribution is -2.15. The molecular formula is C15H15ClN4O. The number of benzene rings is 1. The molecule has 0 saturated heterocycles. The summed E-state index contributed by atoms with van der Waals surface area (Å²) in [4.78, 5) is 4.38. The van der Waals surface area contributed by atoms with E-state index >= 15 is 0 Å². The van der Waals surface area contributed by atoms with E-state index in [9.17, 15) is 0 Å². The van der Waals surface area contributed by atoms with Crippen LogP contribution in [-0.4, -0.2) is 30.2 Å². The number of methoxy groups -OCH3 is 1. The summed E-state index contributed by atoms with van der Waals surface area (Å²) >= 11 is 6.07. The monoisotopic (exact) mass is 302 g/mol. The highest BCUT2D eigenvalue weighted by Crippen LogP contribution is 2.30. The molecule has 108 valence electrons. The van der Waals surface area contributed by atoms with Crippen LogP contribution in [0.4, 0.5) is 0 Å². The quantitative estimate of drug-likeness (QED) is 0.867. The van der Waals surface area contributed by atoms with E-state index in [0.717, 1.165) is 29.8 Å². The van der Waals surface area contributed by atoms with E-state index in [1.54, 1.807) is 13.3 Å². The summed E-state index contributed by atoms with van der Waals surface area (Å²) in [7, 11) is 1.62. The molecule has 3 rings (SSSR count). The van der Waals surface area contributed by atoms with Crippen molar-refractivity contribution in [2.75, 3.05) is 20.2 Å². The summed E-state index contributed by atoms with van der Waals surface area (Å²) in [6, 6.07) is 9.72. The highest BCUT2D eigenvalue weighted by molar-refractivity contribution is 6.30. The molecule has 0 radical (unpaired) electrons. The Morgan fingerprint density at radius 1 is 1.33 bits per heavy atom. The highest BCUT2D eigenvalue weighted by Gasteiger charge is 2.12. The number of ether oxygens (including phenoxy) is 1. The molecule has 2 aromatic rings. The van der Waals surface area contributed by atoms with Crippen molar-refractivity contribution in [2.45, 2.75) is 6.54 Å². The number of halogens is 1. The average Bonchev–Trinajstić information content (AvgIpc) is 3.00. The Bertz CT molecular complexity index is 674. The first-order chi connectivity index (χ1) is 10.3. The first-order valence-corrected chi connectivity index (χ1v) is 7.05. The van der Waals surface area contributed by atoms with Crippen LogP contribution in [0.3, 0.4) is 0 Å². The minimum atomic E-state index is 0.587. The fraction of sp³-hybridized carbons (Fsp3) is 0.267. The zero-order chi connectivity index (χ0) is 14.7. The minimum Gasteiger partial charge on any atom is -0.481 e. The molecule has 0 bridgehead atoms. The number of nitrogens with zero attached hydrogens (tertiary/aromatic N) is 4. The number of rotatable bonds is 4. The molecule has 0 N–H and O–H groups in total. The van der Waals surface area contributed by atoms with Crippen molar-refractivity contribution < 1.29 is 4.74 Å². The van der Waals surface area contributed by atoms with Gasteiger partial charge in [-0.1, -0.05) is 29.0 Å². The van der Waals surface area contributed by atoms with Crippen molar-refractivity contribution in [1.29, 1.82) is 0 Å². The van der Waals surface area contributed by atoms with Gasteiger partial charge in [0.05, 0.1) is 26.7 Å². The second-order valence-electron chi connectivity index (χ2n) is 4.75. The lowest BCUT2D eigenvalue weighted by Gasteiger charge is -2.14. The van der Waals surface area contributed by atoms with Gasteiger partial charge in [0.1, 0.15) is 0 Å². The molecule has 1 aromatic heterocycles. The molecule has 1 aliphatic rings. The SMILES string of the molecule is COc1ncc(CN2CCN=N2)cc1-c1cccc(Cl)c1. The molecule has 1 aliphatic heterocycles. The average molecular weight is 303 g/mol. The van der Waals surface area contributed by atoms with Gasteiger partial charge in [-0.05, 0) is 29.3 Å².